The van der Waals surface area contributed by atoms with Crippen molar-refractivity contribution in [1.82, 2.24) is 0 Å². The van der Waals surface area contributed by atoms with E-state index in [4.69, 9.17) is 26.8 Å². The lowest BCUT2D eigenvalue weighted by atomic mass is 10.1. The third kappa shape index (κ3) is 3.05. The molecular formula is C13H18ClNO2. The molecule has 0 spiro atoms. The van der Waals surface area contributed by atoms with Gasteiger partial charge in [0, 0.05) is 6.42 Å². The number of aryl methyl sites for hydroxylation is 1. The van der Waals surface area contributed by atoms with Crippen molar-refractivity contribution in [1.29, 1.82) is 0 Å². The molecule has 0 amide bonds. The van der Waals surface area contributed by atoms with Crippen LogP contribution in [0.15, 0.2) is 12.1 Å². The Kier molecular flexibility index (Phi) is 4.51. The summed E-state index contributed by atoms with van der Waals surface area (Å²) in [5, 5.41) is 0.629. The van der Waals surface area contributed by atoms with Crippen LogP contribution >= 0.6 is 11.6 Å². The van der Waals surface area contributed by atoms with Crippen LogP contribution < -0.4 is 15.2 Å². The third-order valence-corrected chi connectivity index (χ3v) is 3.12. The second-order valence-electron chi connectivity index (χ2n) is 4.16. The van der Waals surface area contributed by atoms with E-state index in [1.807, 2.05) is 12.1 Å². The fourth-order valence-electron chi connectivity index (χ4n) is 1.94. The molecule has 1 aromatic carbocycles. The van der Waals surface area contributed by atoms with Gasteiger partial charge in [0.1, 0.15) is 0 Å². The lowest BCUT2D eigenvalue weighted by Gasteiger charge is -2.13. The molecule has 3 nitrogen and oxygen atoms in total. The molecule has 94 valence electrons. The quantitative estimate of drug-likeness (QED) is 0.842. The first-order chi connectivity index (χ1) is 8.33. The second-order valence-corrected chi connectivity index (χ2v) is 4.57. The van der Waals surface area contributed by atoms with Gasteiger partial charge in [0.25, 0.3) is 0 Å². The van der Waals surface area contributed by atoms with Gasteiger partial charge in [-0.25, -0.2) is 0 Å². The molecule has 1 aliphatic rings. The maximum atomic E-state index is 6.12. The number of halogens is 1. The lowest BCUT2D eigenvalue weighted by molar-refractivity contribution is 0.296. The molecule has 0 radical (unpaired) electrons. The zero-order valence-electron chi connectivity index (χ0n) is 9.88. The zero-order chi connectivity index (χ0) is 12.1. The van der Waals surface area contributed by atoms with Crippen LogP contribution in [0.2, 0.25) is 5.02 Å². The summed E-state index contributed by atoms with van der Waals surface area (Å²) in [6, 6.07) is 3.90. The number of ether oxygens (including phenoxy) is 2. The molecule has 0 fully saturated rings. The summed E-state index contributed by atoms with van der Waals surface area (Å²) in [4.78, 5) is 0. The van der Waals surface area contributed by atoms with Crippen molar-refractivity contribution in [3.8, 4) is 11.5 Å². The maximum absolute atomic E-state index is 6.12. The van der Waals surface area contributed by atoms with Crippen LogP contribution in [-0.4, -0.2) is 19.8 Å². The summed E-state index contributed by atoms with van der Waals surface area (Å²) in [6.45, 7) is 2.09. The predicted octanol–water partition coefficient (Wildman–Crippen LogP) is 2.78. The highest BCUT2D eigenvalue weighted by atomic mass is 35.5. The predicted molar refractivity (Wildman–Crippen MR) is 69.1 cm³/mol. The molecule has 2 N–H and O–H groups in total. The highest BCUT2D eigenvalue weighted by Crippen LogP contribution is 2.40. The lowest BCUT2D eigenvalue weighted by Crippen LogP contribution is -2.01. The minimum Gasteiger partial charge on any atom is -0.489 e. The van der Waals surface area contributed by atoms with E-state index >= 15 is 0 Å². The van der Waals surface area contributed by atoms with E-state index in [1.54, 1.807) is 0 Å². The summed E-state index contributed by atoms with van der Waals surface area (Å²) >= 11 is 6.12. The first-order valence-electron chi connectivity index (χ1n) is 6.10. The van der Waals surface area contributed by atoms with Gasteiger partial charge < -0.3 is 15.2 Å². The van der Waals surface area contributed by atoms with Crippen molar-refractivity contribution in [3.05, 3.63) is 22.7 Å². The third-order valence-electron chi connectivity index (χ3n) is 2.83. The van der Waals surface area contributed by atoms with Gasteiger partial charge in [0.2, 0.25) is 0 Å². The van der Waals surface area contributed by atoms with Crippen LogP contribution in [0.4, 0.5) is 0 Å². The summed E-state index contributed by atoms with van der Waals surface area (Å²) in [7, 11) is 0. The van der Waals surface area contributed by atoms with Gasteiger partial charge in [-0.1, -0.05) is 17.7 Å². The van der Waals surface area contributed by atoms with Gasteiger partial charge in [-0.3, -0.25) is 0 Å². The minimum absolute atomic E-state index is 0.629. The van der Waals surface area contributed by atoms with Gasteiger partial charge in [-0.2, -0.15) is 0 Å². The Labute approximate surface area is 107 Å². The summed E-state index contributed by atoms with van der Waals surface area (Å²) in [5.41, 5.74) is 6.67. The van der Waals surface area contributed by atoms with Crippen molar-refractivity contribution >= 4 is 11.6 Å². The molecule has 0 saturated carbocycles. The largest absolute Gasteiger partial charge is 0.489 e. The molecule has 0 aromatic heterocycles. The second kappa shape index (κ2) is 6.12. The molecule has 1 heterocycles. The Balaban J connectivity index is 2.20. The Morgan fingerprint density at radius 1 is 1.12 bits per heavy atom. The average Bonchev–Trinajstić information content (AvgIpc) is 2.58. The number of hydrogen-bond acceptors (Lipinski definition) is 3. The van der Waals surface area contributed by atoms with Gasteiger partial charge in [0.15, 0.2) is 11.5 Å². The molecule has 2 rings (SSSR count). The molecule has 1 aromatic rings. The van der Waals surface area contributed by atoms with Crippen molar-refractivity contribution in [2.24, 2.45) is 5.73 Å². The molecule has 17 heavy (non-hydrogen) atoms. The fraction of sp³-hybridized carbons (Fsp3) is 0.538. The highest BCUT2D eigenvalue weighted by Gasteiger charge is 2.17. The molecule has 0 bridgehead atoms. The van der Waals surface area contributed by atoms with Crippen LogP contribution in [0, 0.1) is 0 Å². The van der Waals surface area contributed by atoms with Gasteiger partial charge in [-0.15, -0.1) is 0 Å². The number of unbranched alkanes of at least 4 members (excludes halogenated alkanes) is 1. The first-order valence-corrected chi connectivity index (χ1v) is 6.48. The standard InChI is InChI=1S/C13H18ClNO2/c14-11-6-5-10(4-1-2-7-15)12-13(11)17-9-3-8-16-12/h5-6H,1-4,7-9,15H2. The van der Waals surface area contributed by atoms with E-state index in [9.17, 15) is 0 Å². The van der Waals surface area contributed by atoms with Gasteiger partial charge in [0.05, 0.1) is 18.2 Å². The van der Waals surface area contributed by atoms with Crippen molar-refractivity contribution in [2.45, 2.75) is 25.7 Å². The van der Waals surface area contributed by atoms with E-state index in [2.05, 4.69) is 0 Å². The fourth-order valence-corrected chi connectivity index (χ4v) is 2.14. The maximum Gasteiger partial charge on any atom is 0.180 e. The normalized spacial score (nSPS) is 14.5. The average molecular weight is 256 g/mol. The van der Waals surface area contributed by atoms with E-state index < -0.39 is 0 Å². The van der Waals surface area contributed by atoms with Crippen LogP contribution in [0.25, 0.3) is 0 Å². The van der Waals surface area contributed by atoms with Crippen LogP contribution in [-0.2, 0) is 6.42 Å². The van der Waals surface area contributed by atoms with Gasteiger partial charge in [-0.05, 0) is 37.4 Å². The van der Waals surface area contributed by atoms with Crippen LogP contribution in [0.5, 0.6) is 11.5 Å². The van der Waals surface area contributed by atoms with E-state index in [1.165, 1.54) is 5.56 Å². The monoisotopic (exact) mass is 255 g/mol. The Hall–Kier alpha value is -0.930. The van der Waals surface area contributed by atoms with Crippen molar-refractivity contribution < 1.29 is 9.47 Å². The molecule has 0 unspecified atom stereocenters. The summed E-state index contributed by atoms with van der Waals surface area (Å²) in [5.74, 6) is 1.53. The van der Waals surface area contributed by atoms with Crippen LogP contribution in [0.3, 0.4) is 0 Å². The smallest absolute Gasteiger partial charge is 0.180 e. The van der Waals surface area contributed by atoms with Gasteiger partial charge >= 0.3 is 0 Å². The Morgan fingerprint density at radius 3 is 2.65 bits per heavy atom. The van der Waals surface area contributed by atoms with Crippen LogP contribution in [0.1, 0.15) is 24.8 Å². The molecule has 4 heteroatoms. The number of hydrogen-bond donors (Lipinski definition) is 1. The van der Waals surface area contributed by atoms with Crippen molar-refractivity contribution in [2.75, 3.05) is 19.8 Å². The number of rotatable bonds is 4. The minimum atomic E-state index is 0.629. The number of nitrogens with two attached hydrogens (primary N) is 1. The zero-order valence-corrected chi connectivity index (χ0v) is 10.6. The first kappa shape index (κ1) is 12.5. The molecule has 0 saturated heterocycles. The number of benzene rings is 1. The molecule has 0 atom stereocenters. The van der Waals surface area contributed by atoms with Crippen molar-refractivity contribution in [3.63, 3.8) is 0 Å². The summed E-state index contributed by atoms with van der Waals surface area (Å²) in [6.07, 6.45) is 3.94. The van der Waals surface area contributed by atoms with E-state index in [0.717, 1.165) is 38.0 Å². The molecule has 0 aliphatic carbocycles. The SMILES string of the molecule is NCCCCc1ccc(Cl)c2c1OCCCO2. The van der Waals surface area contributed by atoms with E-state index in [-0.39, 0.29) is 0 Å². The van der Waals surface area contributed by atoms with E-state index in [0.29, 0.717) is 24.0 Å². The number of fused-ring (bicyclic) bond motifs is 1. The highest BCUT2D eigenvalue weighted by molar-refractivity contribution is 6.32. The topological polar surface area (TPSA) is 44.5 Å². The Morgan fingerprint density at radius 2 is 1.88 bits per heavy atom. The Bertz CT molecular complexity index is 382. The molecule has 1 aliphatic heterocycles. The molecular weight excluding hydrogens is 238 g/mol. The summed E-state index contributed by atoms with van der Waals surface area (Å²) < 4.78 is 11.4.